The topological polar surface area (TPSA) is 57.9 Å². The molecule has 1 N–H and O–H groups in total. The molecule has 1 heterocycles. The molecule has 19 heavy (non-hydrogen) atoms. The quantitative estimate of drug-likeness (QED) is 0.910. The Balaban J connectivity index is 2.36. The molecule has 4 heteroatoms. The summed E-state index contributed by atoms with van der Waals surface area (Å²) in [6.07, 6.45) is 0. The second-order valence-electron chi connectivity index (χ2n) is 4.26. The highest BCUT2D eigenvalue weighted by atomic mass is 16.5. The van der Waals surface area contributed by atoms with Crippen LogP contribution in [0.1, 0.15) is 16.7 Å². The molecule has 0 bridgehead atoms. The monoisotopic (exact) mass is 253 g/mol. The Morgan fingerprint density at radius 3 is 2.47 bits per heavy atom. The molecule has 4 nitrogen and oxygen atoms in total. The number of ether oxygens (including phenoxy) is 1. The summed E-state index contributed by atoms with van der Waals surface area (Å²) in [5, 5.41) is 11.9. The molecule has 0 fully saturated rings. The van der Waals surface area contributed by atoms with Crippen LogP contribution in [0.25, 0.3) is 0 Å². The van der Waals surface area contributed by atoms with Crippen LogP contribution in [0, 0.1) is 25.2 Å². The molecule has 0 spiro atoms. The van der Waals surface area contributed by atoms with Gasteiger partial charge >= 0.3 is 0 Å². The van der Waals surface area contributed by atoms with Crippen molar-refractivity contribution >= 4 is 5.82 Å². The molecule has 2 aromatic rings. The lowest BCUT2D eigenvalue weighted by atomic mass is 10.1. The van der Waals surface area contributed by atoms with Crippen LogP contribution in [0.3, 0.4) is 0 Å². The van der Waals surface area contributed by atoms with Crippen LogP contribution in [0.4, 0.5) is 5.82 Å². The predicted octanol–water partition coefficient (Wildman–Crippen LogP) is 3.40. The van der Waals surface area contributed by atoms with Gasteiger partial charge in [0.1, 0.15) is 11.6 Å². The maximum atomic E-state index is 8.92. The normalized spacial score (nSPS) is 9.79. The van der Waals surface area contributed by atoms with E-state index in [9.17, 15) is 0 Å². The molecule has 0 amide bonds. The average molecular weight is 253 g/mol. The fourth-order valence-electron chi connectivity index (χ4n) is 1.89. The van der Waals surface area contributed by atoms with Gasteiger partial charge in [-0.25, -0.2) is 0 Å². The van der Waals surface area contributed by atoms with E-state index >= 15 is 0 Å². The van der Waals surface area contributed by atoms with Gasteiger partial charge in [0.05, 0.1) is 11.6 Å². The molecule has 1 aromatic carbocycles. The summed E-state index contributed by atoms with van der Waals surface area (Å²) < 4.78 is 5.82. The first kappa shape index (κ1) is 12.9. The summed E-state index contributed by atoms with van der Waals surface area (Å²) in [5.41, 5.74) is 2.49. The zero-order valence-corrected chi connectivity index (χ0v) is 11.2. The maximum absolute atomic E-state index is 8.92. The van der Waals surface area contributed by atoms with Crippen molar-refractivity contribution in [1.82, 2.24) is 4.98 Å². The molecule has 0 aliphatic rings. The molecule has 0 atom stereocenters. The first-order chi connectivity index (χ1) is 9.13. The van der Waals surface area contributed by atoms with E-state index in [-0.39, 0.29) is 0 Å². The molecule has 0 radical (unpaired) electrons. The van der Waals surface area contributed by atoms with Gasteiger partial charge in [0.25, 0.3) is 0 Å². The summed E-state index contributed by atoms with van der Waals surface area (Å²) in [5.74, 6) is 2.03. The van der Waals surface area contributed by atoms with Crippen LogP contribution >= 0.6 is 0 Å². The fraction of sp³-hybridized carbons (Fsp3) is 0.200. The van der Waals surface area contributed by atoms with Gasteiger partial charge in [0, 0.05) is 13.1 Å². The van der Waals surface area contributed by atoms with Crippen LogP contribution in [0.5, 0.6) is 11.6 Å². The predicted molar refractivity (Wildman–Crippen MR) is 74.5 cm³/mol. The van der Waals surface area contributed by atoms with Gasteiger partial charge in [-0.1, -0.05) is 6.07 Å². The second kappa shape index (κ2) is 5.40. The standard InChI is InChI=1S/C15H15N3O/c1-10-7-12(9-16)8-11(2)15(10)19-14-6-4-5-13(17-3)18-14/h4-8H,1-3H3,(H,17,18). The van der Waals surface area contributed by atoms with Crippen molar-refractivity contribution in [1.29, 1.82) is 5.26 Å². The number of nitrogens with zero attached hydrogens (tertiary/aromatic N) is 2. The van der Waals surface area contributed by atoms with Crippen molar-refractivity contribution < 1.29 is 4.74 Å². The number of hydrogen-bond acceptors (Lipinski definition) is 4. The third kappa shape index (κ3) is 2.83. The maximum Gasteiger partial charge on any atom is 0.221 e. The van der Waals surface area contributed by atoms with Crippen molar-refractivity contribution in [3.8, 4) is 17.7 Å². The number of nitrogens with one attached hydrogen (secondary N) is 1. The number of benzene rings is 1. The first-order valence-electron chi connectivity index (χ1n) is 5.98. The number of nitriles is 1. The van der Waals surface area contributed by atoms with Crippen LogP contribution in [-0.2, 0) is 0 Å². The molecule has 2 rings (SSSR count). The fourth-order valence-corrected chi connectivity index (χ4v) is 1.89. The molecule has 96 valence electrons. The van der Waals surface area contributed by atoms with Gasteiger partial charge in [-0.2, -0.15) is 10.2 Å². The minimum absolute atomic E-state index is 0.530. The third-order valence-corrected chi connectivity index (χ3v) is 2.78. The Hall–Kier alpha value is -2.54. The average Bonchev–Trinajstić information content (AvgIpc) is 2.42. The molecule has 0 aliphatic carbocycles. The SMILES string of the molecule is CNc1cccc(Oc2c(C)cc(C#N)cc2C)n1. The van der Waals surface area contributed by atoms with Crippen molar-refractivity contribution in [2.24, 2.45) is 0 Å². The summed E-state index contributed by atoms with van der Waals surface area (Å²) >= 11 is 0. The zero-order chi connectivity index (χ0) is 13.8. The van der Waals surface area contributed by atoms with E-state index in [2.05, 4.69) is 16.4 Å². The molecular formula is C15H15N3O. The van der Waals surface area contributed by atoms with Crippen LogP contribution in [-0.4, -0.2) is 12.0 Å². The van der Waals surface area contributed by atoms with E-state index in [1.54, 1.807) is 6.07 Å². The van der Waals surface area contributed by atoms with E-state index in [0.717, 1.165) is 22.7 Å². The van der Waals surface area contributed by atoms with Gasteiger partial charge < -0.3 is 10.1 Å². The zero-order valence-electron chi connectivity index (χ0n) is 11.2. The van der Waals surface area contributed by atoms with E-state index < -0.39 is 0 Å². The van der Waals surface area contributed by atoms with Crippen molar-refractivity contribution in [2.75, 3.05) is 12.4 Å². The summed E-state index contributed by atoms with van der Waals surface area (Å²) in [6.45, 7) is 3.84. The third-order valence-electron chi connectivity index (χ3n) is 2.78. The Bertz CT molecular complexity index is 621. The summed E-state index contributed by atoms with van der Waals surface area (Å²) in [4.78, 5) is 4.31. The largest absolute Gasteiger partial charge is 0.438 e. The lowest BCUT2D eigenvalue weighted by Crippen LogP contribution is -1.97. The number of anilines is 1. The van der Waals surface area contributed by atoms with Crippen molar-refractivity contribution in [3.05, 3.63) is 47.0 Å². The number of aryl methyl sites for hydroxylation is 2. The molecule has 0 unspecified atom stereocenters. The second-order valence-corrected chi connectivity index (χ2v) is 4.26. The van der Waals surface area contributed by atoms with E-state index in [1.807, 2.05) is 45.2 Å². The summed E-state index contributed by atoms with van der Waals surface area (Å²) in [7, 11) is 1.81. The Kier molecular flexibility index (Phi) is 3.67. The molecule has 1 aromatic heterocycles. The molecular weight excluding hydrogens is 238 g/mol. The molecule has 0 saturated carbocycles. The molecule has 0 aliphatic heterocycles. The lowest BCUT2D eigenvalue weighted by molar-refractivity contribution is 0.456. The van der Waals surface area contributed by atoms with E-state index in [1.165, 1.54) is 0 Å². The van der Waals surface area contributed by atoms with Crippen LogP contribution < -0.4 is 10.1 Å². The number of aromatic nitrogens is 1. The van der Waals surface area contributed by atoms with Crippen molar-refractivity contribution in [3.63, 3.8) is 0 Å². The first-order valence-corrected chi connectivity index (χ1v) is 5.98. The van der Waals surface area contributed by atoms with E-state index in [4.69, 9.17) is 10.00 Å². The minimum atomic E-state index is 0.530. The summed E-state index contributed by atoms with van der Waals surface area (Å²) in [6, 6.07) is 11.3. The van der Waals surface area contributed by atoms with Gasteiger partial charge in [-0.15, -0.1) is 0 Å². The highest BCUT2D eigenvalue weighted by Gasteiger charge is 2.08. The Morgan fingerprint density at radius 1 is 1.21 bits per heavy atom. The molecule has 0 saturated heterocycles. The smallest absolute Gasteiger partial charge is 0.221 e. The van der Waals surface area contributed by atoms with Crippen LogP contribution in [0.2, 0.25) is 0 Å². The highest BCUT2D eigenvalue weighted by Crippen LogP contribution is 2.29. The minimum Gasteiger partial charge on any atom is -0.438 e. The number of pyridine rings is 1. The Morgan fingerprint density at radius 2 is 1.89 bits per heavy atom. The highest BCUT2D eigenvalue weighted by molar-refractivity contribution is 5.48. The van der Waals surface area contributed by atoms with Gasteiger partial charge in [0.15, 0.2) is 0 Å². The number of hydrogen-bond donors (Lipinski definition) is 1. The van der Waals surface area contributed by atoms with E-state index in [0.29, 0.717) is 11.4 Å². The Labute approximate surface area is 112 Å². The number of rotatable bonds is 3. The van der Waals surface area contributed by atoms with Gasteiger partial charge in [0.2, 0.25) is 5.88 Å². The van der Waals surface area contributed by atoms with Gasteiger partial charge in [-0.3, -0.25) is 0 Å². The van der Waals surface area contributed by atoms with Crippen molar-refractivity contribution in [2.45, 2.75) is 13.8 Å². The lowest BCUT2D eigenvalue weighted by Gasteiger charge is -2.12. The van der Waals surface area contributed by atoms with Crippen LogP contribution in [0.15, 0.2) is 30.3 Å². The van der Waals surface area contributed by atoms with Gasteiger partial charge in [-0.05, 0) is 43.2 Å².